The average Bonchev–Trinajstić information content (AvgIpc) is 3.52. The van der Waals surface area contributed by atoms with Crippen LogP contribution in [-0.2, 0) is 26.1 Å². The van der Waals surface area contributed by atoms with E-state index in [1.165, 1.54) is 26.4 Å². The molecule has 0 radical (unpaired) electrons. The third-order valence-corrected chi connectivity index (χ3v) is 8.33. The molecule has 3 atom stereocenters. The van der Waals surface area contributed by atoms with E-state index < -0.39 is 22.0 Å². The van der Waals surface area contributed by atoms with Gasteiger partial charge in [-0.15, -0.1) is 0 Å². The fourth-order valence-electron chi connectivity index (χ4n) is 5.41. The van der Waals surface area contributed by atoms with Crippen molar-refractivity contribution in [2.75, 3.05) is 27.6 Å². The summed E-state index contributed by atoms with van der Waals surface area (Å²) in [4.78, 5) is 12.9. The number of carbonyl (C=O) groups excluding carboxylic acids is 1. The first-order valence-corrected chi connectivity index (χ1v) is 13.1. The van der Waals surface area contributed by atoms with Crippen molar-refractivity contribution < 1.29 is 41.1 Å². The number of fused-ring (bicyclic) bond motifs is 3. The summed E-state index contributed by atoms with van der Waals surface area (Å²) >= 11 is 0. The Morgan fingerprint density at radius 2 is 1.57 bits per heavy atom. The van der Waals surface area contributed by atoms with Crippen LogP contribution in [0.3, 0.4) is 0 Å². The number of hydrogen-bond donors (Lipinski definition) is 0. The molecule has 0 N–H and O–H groups in total. The van der Waals surface area contributed by atoms with Crippen molar-refractivity contribution in [3.05, 3.63) is 71.3 Å². The molecule has 0 bridgehead atoms. The van der Waals surface area contributed by atoms with Crippen molar-refractivity contribution in [2.45, 2.75) is 17.2 Å². The first-order chi connectivity index (χ1) is 17.9. The van der Waals surface area contributed by atoms with Gasteiger partial charge in [0.1, 0.15) is 4.90 Å². The molecule has 1 saturated heterocycles. The van der Waals surface area contributed by atoms with Gasteiger partial charge in [-0.1, -0.05) is 18.2 Å². The minimum Gasteiger partial charge on any atom is -0.493 e. The van der Waals surface area contributed by atoms with E-state index in [9.17, 15) is 13.2 Å². The van der Waals surface area contributed by atoms with Crippen molar-refractivity contribution in [1.29, 1.82) is 0 Å². The van der Waals surface area contributed by atoms with E-state index in [1.807, 2.05) is 12.1 Å². The largest absolute Gasteiger partial charge is 0.493 e. The first kappa shape index (κ1) is 23.5. The van der Waals surface area contributed by atoms with E-state index >= 15 is 0 Å². The number of cyclic esters (lactones) is 1. The summed E-state index contributed by atoms with van der Waals surface area (Å²) in [5.74, 6) is 0.398. The highest BCUT2D eigenvalue weighted by molar-refractivity contribution is 7.87. The van der Waals surface area contributed by atoms with Gasteiger partial charge >= 0.3 is 16.1 Å². The molecule has 37 heavy (non-hydrogen) atoms. The number of carbonyl (C=O) groups is 1. The molecule has 0 unspecified atom stereocenters. The lowest BCUT2D eigenvalue weighted by molar-refractivity contribution is -0.141. The highest BCUT2D eigenvalue weighted by Crippen LogP contribution is 2.52. The molecular weight excluding hydrogens is 500 g/mol. The van der Waals surface area contributed by atoms with Crippen LogP contribution in [0.15, 0.2) is 59.5 Å². The zero-order valence-corrected chi connectivity index (χ0v) is 20.9. The number of methoxy groups -OCH3 is 2. The zero-order chi connectivity index (χ0) is 25.7. The van der Waals surface area contributed by atoms with Crippen molar-refractivity contribution in [2.24, 2.45) is 11.8 Å². The fraction of sp³-hybridized carbons (Fsp3) is 0.296. The maximum Gasteiger partial charge on any atom is 0.339 e. The van der Waals surface area contributed by atoms with Crippen molar-refractivity contribution in [1.82, 2.24) is 0 Å². The summed E-state index contributed by atoms with van der Waals surface area (Å²) < 4.78 is 59.2. The Balaban J connectivity index is 1.48. The summed E-state index contributed by atoms with van der Waals surface area (Å²) in [6, 6.07) is 15.1. The fourth-order valence-corrected chi connectivity index (χ4v) is 6.38. The Bertz CT molecular complexity index is 1460. The number of hydrogen-bond acceptors (Lipinski definition) is 9. The van der Waals surface area contributed by atoms with Crippen LogP contribution in [0.25, 0.3) is 0 Å². The van der Waals surface area contributed by atoms with Crippen LogP contribution in [0, 0.1) is 11.8 Å². The summed E-state index contributed by atoms with van der Waals surface area (Å²) in [7, 11) is -1.33. The van der Waals surface area contributed by atoms with Gasteiger partial charge in [0, 0.05) is 11.8 Å². The monoisotopic (exact) mass is 524 g/mol. The maximum absolute atomic E-state index is 13.0. The van der Waals surface area contributed by atoms with E-state index in [0.29, 0.717) is 30.1 Å². The maximum atomic E-state index is 13.0. The number of ether oxygens (including phenoxy) is 5. The Morgan fingerprint density at radius 3 is 2.24 bits per heavy atom. The van der Waals surface area contributed by atoms with Crippen molar-refractivity contribution in [3.8, 4) is 28.7 Å². The topological polar surface area (TPSA) is 107 Å². The van der Waals surface area contributed by atoms with Gasteiger partial charge in [0.15, 0.2) is 23.0 Å². The quantitative estimate of drug-likeness (QED) is 0.353. The van der Waals surface area contributed by atoms with Gasteiger partial charge in [-0.2, -0.15) is 8.42 Å². The van der Waals surface area contributed by atoms with Gasteiger partial charge in [0.05, 0.1) is 26.7 Å². The van der Waals surface area contributed by atoms with Gasteiger partial charge in [-0.05, 0) is 59.5 Å². The standard InChI is InChI=1S/C27H24O9S/c1-31-22-10-16(11-23(32-2)26(22)36-37(29,30)18-6-4-3-5-7-18)24-19-12-21-20(34-14-35-21)9-15(19)8-17-13-33-27(28)25(17)24/h3-7,9-12,17,24-25H,8,13-14H2,1-2H3/t17-,24+,25-/m0/s1. The molecule has 1 fully saturated rings. The number of rotatable bonds is 6. The molecule has 0 aromatic heterocycles. The molecular formula is C27H24O9S. The smallest absolute Gasteiger partial charge is 0.339 e. The van der Waals surface area contributed by atoms with E-state index in [4.69, 9.17) is 27.9 Å². The van der Waals surface area contributed by atoms with E-state index in [2.05, 4.69) is 0 Å². The van der Waals surface area contributed by atoms with Crippen LogP contribution in [0.2, 0.25) is 0 Å². The Labute approximate surface area is 213 Å². The summed E-state index contributed by atoms with van der Waals surface area (Å²) in [5, 5.41) is 0. The molecule has 0 spiro atoms. The second-order valence-electron chi connectivity index (χ2n) is 9.11. The molecule has 2 heterocycles. The lowest BCUT2D eigenvalue weighted by Gasteiger charge is -2.34. The average molecular weight is 525 g/mol. The number of esters is 1. The second kappa shape index (κ2) is 8.88. The third-order valence-electron chi connectivity index (χ3n) is 7.10. The van der Waals surface area contributed by atoms with Gasteiger partial charge in [0.2, 0.25) is 12.5 Å². The molecule has 9 nitrogen and oxygen atoms in total. The number of benzene rings is 3. The Kier molecular flexibility index (Phi) is 5.63. The predicted molar refractivity (Wildman–Crippen MR) is 130 cm³/mol. The second-order valence-corrected chi connectivity index (χ2v) is 10.7. The van der Waals surface area contributed by atoms with Crippen LogP contribution in [0.1, 0.15) is 22.6 Å². The van der Waals surface area contributed by atoms with Gasteiger partial charge in [-0.25, -0.2) is 0 Å². The molecule has 192 valence electrons. The minimum absolute atomic E-state index is 0.00277. The normalized spacial score (nSPS) is 21.6. The predicted octanol–water partition coefficient (Wildman–Crippen LogP) is 3.68. The SMILES string of the molecule is COc1cc([C@@H]2c3cc4c(cc3C[C@H]3COC(=O)[C@@H]32)OCO4)cc(OC)c1OS(=O)(=O)c1ccccc1. The lowest BCUT2D eigenvalue weighted by atomic mass is 9.67. The Hall–Kier alpha value is -3.92. The molecule has 0 amide bonds. The van der Waals surface area contributed by atoms with Gasteiger partial charge in [0.25, 0.3) is 0 Å². The Morgan fingerprint density at radius 1 is 0.892 bits per heavy atom. The third kappa shape index (κ3) is 3.92. The van der Waals surface area contributed by atoms with Crippen LogP contribution in [0.4, 0.5) is 0 Å². The molecule has 2 aliphatic heterocycles. The summed E-state index contributed by atoms with van der Waals surface area (Å²) in [6.07, 6.45) is 0.670. The van der Waals surface area contributed by atoms with Crippen molar-refractivity contribution in [3.63, 3.8) is 0 Å². The van der Waals surface area contributed by atoms with Crippen LogP contribution >= 0.6 is 0 Å². The zero-order valence-electron chi connectivity index (χ0n) is 20.1. The highest BCUT2D eigenvalue weighted by Gasteiger charge is 2.48. The highest BCUT2D eigenvalue weighted by atomic mass is 32.2. The molecule has 3 aromatic carbocycles. The summed E-state index contributed by atoms with van der Waals surface area (Å²) in [6.45, 7) is 0.472. The van der Waals surface area contributed by atoms with Crippen LogP contribution in [-0.4, -0.2) is 42.0 Å². The van der Waals surface area contributed by atoms with Crippen LogP contribution < -0.4 is 23.1 Å². The molecule has 6 rings (SSSR count). The van der Waals surface area contributed by atoms with Gasteiger partial charge < -0.3 is 27.9 Å². The molecule has 1 aliphatic carbocycles. The molecule has 0 saturated carbocycles. The molecule has 3 aliphatic rings. The molecule has 10 heteroatoms. The van der Waals surface area contributed by atoms with Crippen molar-refractivity contribution >= 4 is 16.1 Å². The van der Waals surface area contributed by atoms with E-state index in [-0.39, 0.29) is 40.8 Å². The van der Waals surface area contributed by atoms with Crippen LogP contribution in [0.5, 0.6) is 28.7 Å². The minimum atomic E-state index is -4.16. The van der Waals surface area contributed by atoms with E-state index in [1.54, 1.807) is 30.3 Å². The lowest BCUT2D eigenvalue weighted by Crippen LogP contribution is -2.31. The summed E-state index contributed by atoms with van der Waals surface area (Å²) in [5.41, 5.74) is 2.66. The first-order valence-electron chi connectivity index (χ1n) is 11.7. The van der Waals surface area contributed by atoms with E-state index in [0.717, 1.165) is 11.1 Å². The molecule has 3 aromatic rings. The van der Waals surface area contributed by atoms with Gasteiger partial charge in [-0.3, -0.25) is 4.79 Å².